The standard InChI is InChI=1S/C15H25NO/c1-7-13(9-16-5)15-10(2)8-14(17-6)11(3)12(15)4/h8,13,16H,7,9H2,1-6H3. The first kappa shape index (κ1) is 14.0. The zero-order valence-corrected chi connectivity index (χ0v) is 12.0. The Morgan fingerprint density at radius 2 is 1.88 bits per heavy atom. The summed E-state index contributed by atoms with van der Waals surface area (Å²) in [7, 11) is 3.76. The van der Waals surface area contributed by atoms with Crippen LogP contribution in [0.5, 0.6) is 5.75 Å². The van der Waals surface area contributed by atoms with Gasteiger partial charge in [0.2, 0.25) is 0 Å². The molecule has 1 unspecified atom stereocenters. The van der Waals surface area contributed by atoms with Gasteiger partial charge in [-0.15, -0.1) is 0 Å². The van der Waals surface area contributed by atoms with Crippen LogP contribution in [0.15, 0.2) is 6.07 Å². The second-order valence-corrected chi connectivity index (χ2v) is 4.72. The van der Waals surface area contributed by atoms with Crippen LogP contribution in [0.2, 0.25) is 0 Å². The highest BCUT2D eigenvalue weighted by atomic mass is 16.5. The Morgan fingerprint density at radius 3 is 2.35 bits per heavy atom. The molecular formula is C15H25NO. The van der Waals surface area contributed by atoms with Crippen molar-refractivity contribution >= 4 is 0 Å². The van der Waals surface area contributed by atoms with Gasteiger partial charge in [-0.05, 0) is 68.5 Å². The largest absolute Gasteiger partial charge is 0.496 e. The first-order valence-electron chi connectivity index (χ1n) is 6.36. The Balaban J connectivity index is 3.28. The summed E-state index contributed by atoms with van der Waals surface area (Å²) in [6, 6.07) is 2.16. The first-order valence-corrected chi connectivity index (χ1v) is 6.36. The molecule has 0 heterocycles. The topological polar surface area (TPSA) is 21.3 Å². The molecule has 0 radical (unpaired) electrons. The lowest BCUT2D eigenvalue weighted by molar-refractivity contribution is 0.410. The van der Waals surface area contributed by atoms with Crippen LogP contribution >= 0.6 is 0 Å². The van der Waals surface area contributed by atoms with Gasteiger partial charge in [-0.2, -0.15) is 0 Å². The predicted octanol–water partition coefficient (Wildman–Crippen LogP) is 3.33. The Labute approximate surface area is 105 Å². The van der Waals surface area contributed by atoms with Gasteiger partial charge in [-0.25, -0.2) is 0 Å². The second kappa shape index (κ2) is 6.06. The van der Waals surface area contributed by atoms with E-state index in [9.17, 15) is 0 Å². The Morgan fingerprint density at radius 1 is 1.24 bits per heavy atom. The van der Waals surface area contributed by atoms with Crippen LogP contribution < -0.4 is 10.1 Å². The average molecular weight is 235 g/mol. The molecule has 0 bridgehead atoms. The van der Waals surface area contributed by atoms with Gasteiger partial charge in [0.05, 0.1) is 7.11 Å². The molecule has 0 aliphatic heterocycles. The number of ether oxygens (including phenoxy) is 1. The second-order valence-electron chi connectivity index (χ2n) is 4.72. The van der Waals surface area contributed by atoms with Crippen LogP contribution in [-0.2, 0) is 0 Å². The Hall–Kier alpha value is -1.02. The van der Waals surface area contributed by atoms with Crippen molar-refractivity contribution in [3.63, 3.8) is 0 Å². The quantitative estimate of drug-likeness (QED) is 0.845. The number of nitrogens with one attached hydrogen (secondary N) is 1. The molecule has 96 valence electrons. The van der Waals surface area contributed by atoms with E-state index in [1.54, 1.807) is 7.11 Å². The summed E-state index contributed by atoms with van der Waals surface area (Å²) in [5, 5.41) is 3.29. The van der Waals surface area contributed by atoms with Crippen LogP contribution in [0.1, 0.15) is 41.5 Å². The summed E-state index contributed by atoms with van der Waals surface area (Å²) >= 11 is 0. The summed E-state index contributed by atoms with van der Waals surface area (Å²) in [5.41, 5.74) is 5.47. The number of hydrogen-bond donors (Lipinski definition) is 1. The van der Waals surface area contributed by atoms with Crippen molar-refractivity contribution in [2.75, 3.05) is 20.7 Å². The van der Waals surface area contributed by atoms with Crippen LogP contribution in [0, 0.1) is 20.8 Å². The molecule has 0 saturated carbocycles. The van der Waals surface area contributed by atoms with Gasteiger partial charge < -0.3 is 10.1 Å². The van der Waals surface area contributed by atoms with Gasteiger partial charge in [-0.1, -0.05) is 6.92 Å². The Kier molecular flexibility index (Phi) is 5.01. The molecule has 2 nitrogen and oxygen atoms in total. The van der Waals surface area contributed by atoms with Gasteiger partial charge in [0.25, 0.3) is 0 Å². The molecule has 0 aliphatic rings. The fourth-order valence-electron chi connectivity index (χ4n) is 2.60. The van der Waals surface area contributed by atoms with Gasteiger partial charge in [0.15, 0.2) is 0 Å². The third-order valence-corrected chi connectivity index (χ3v) is 3.68. The van der Waals surface area contributed by atoms with Gasteiger partial charge in [0, 0.05) is 6.54 Å². The van der Waals surface area contributed by atoms with E-state index in [0.29, 0.717) is 5.92 Å². The molecular weight excluding hydrogens is 210 g/mol. The summed E-state index contributed by atoms with van der Waals surface area (Å²) in [4.78, 5) is 0. The van der Waals surface area contributed by atoms with Crippen molar-refractivity contribution in [2.24, 2.45) is 0 Å². The average Bonchev–Trinajstić information content (AvgIpc) is 2.32. The van der Waals surface area contributed by atoms with Gasteiger partial charge in [0.1, 0.15) is 5.75 Å². The maximum atomic E-state index is 5.42. The fourth-order valence-corrected chi connectivity index (χ4v) is 2.60. The number of rotatable bonds is 5. The third kappa shape index (κ3) is 2.81. The van der Waals surface area contributed by atoms with E-state index in [1.807, 2.05) is 7.05 Å². The molecule has 0 saturated heterocycles. The van der Waals surface area contributed by atoms with E-state index in [2.05, 4.69) is 39.1 Å². The maximum absolute atomic E-state index is 5.42. The SMILES string of the molecule is CCC(CNC)c1c(C)cc(OC)c(C)c1C. The molecule has 0 fully saturated rings. The highest BCUT2D eigenvalue weighted by Gasteiger charge is 2.17. The molecule has 1 aromatic rings. The van der Waals surface area contributed by atoms with E-state index < -0.39 is 0 Å². The molecule has 0 aromatic heterocycles. The normalized spacial score (nSPS) is 12.6. The molecule has 0 spiro atoms. The maximum Gasteiger partial charge on any atom is 0.122 e. The first-order chi connectivity index (χ1) is 8.06. The van der Waals surface area contributed by atoms with Crippen molar-refractivity contribution in [2.45, 2.75) is 40.0 Å². The number of benzene rings is 1. The van der Waals surface area contributed by atoms with Crippen LogP contribution in [0.25, 0.3) is 0 Å². The minimum atomic E-state index is 0.588. The summed E-state index contributed by atoms with van der Waals surface area (Å²) < 4.78 is 5.42. The molecule has 1 atom stereocenters. The molecule has 17 heavy (non-hydrogen) atoms. The summed E-state index contributed by atoms with van der Waals surface area (Å²) in [5.74, 6) is 1.59. The van der Waals surface area contributed by atoms with Gasteiger partial charge in [-0.3, -0.25) is 0 Å². The van der Waals surface area contributed by atoms with E-state index >= 15 is 0 Å². The molecule has 1 N–H and O–H groups in total. The minimum Gasteiger partial charge on any atom is -0.496 e. The predicted molar refractivity (Wildman–Crippen MR) is 74.2 cm³/mol. The van der Waals surface area contributed by atoms with E-state index in [1.165, 1.54) is 22.3 Å². The zero-order valence-electron chi connectivity index (χ0n) is 12.0. The number of methoxy groups -OCH3 is 1. The monoisotopic (exact) mass is 235 g/mol. The molecule has 1 aromatic carbocycles. The highest BCUT2D eigenvalue weighted by Crippen LogP contribution is 2.33. The summed E-state index contributed by atoms with van der Waals surface area (Å²) in [6.07, 6.45) is 1.16. The molecule has 0 amide bonds. The number of likely N-dealkylation sites (N-methyl/N-ethyl adjacent to an activating group) is 1. The third-order valence-electron chi connectivity index (χ3n) is 3.68. The van der Waals surface area contributed by atoms with Crippen LogP contribution in [-0.4, -0.2) is 20.7 Å². The number of hydrogen-bond acceptors (Lipinski definition) is 2. The van der Waals surface area contributed by atoms with Crippen LogP contribution in [0.4, 0.5) is 0 Å². The molecule has 0 aliphatic carbocycles. The lowest BCUT2D eigenvalue weighted by atomic mass is 9.86. The Bertz CT molecular complexity index is 385. The highest BCUT2D eigenvalue weighted by molar-refractivity contribution is 5.49. The molecule has 2 heteroatoms. The van der Waals surface area contributed by atoms with Crippen molar-refractivity contribution in [3.05, 3.63) is 28.3 Å². The van der Waals surface area contributed by atoms with Crippen molar-refractivity contribution in [1.29, 1.82) is 0 Å². The van der Waals surface area contributed by atoms with Crippen molar-refractivity contribution < 1.29 is 4.74 Å². The zero-order chi connectivity index (χ0) is 13.0. The summed E-state index contributed by atoms with van der Waals surface area (Å²) in [6.45, 7) is 9.81. The van der Waals surface area contributed by atoms with Gasteiger partial charge >= 0.3 is 0 Å². The van der Waals surface area contributed by atoms with Crippen molar-refractivity contribution in [3.8, 4) is 5.75 Å². The molecule has 1 rings (SSSR count). The van der Waals surface area contributed by atoms with E-state index in [0.717, 1.165) is 18.7 Å². The number of aryl methyl sites for hydroxylation is 1. The van der Waals surface area contributed by atoms with E-state index in [4.69, 9.17) is 4.74 Å². The lowest BCUT2D eigenvalue weighted by Crippen LogP contribution is -2.18. The van der Waals surface area contributed by atoms with Crippen molar-refractivity contribution in [1.82, 2.24) is 5.32 Å². The smallest absolute Gasteiger partial charge is 0.122 e. The fraction of sp³-hybridized carbons (Fsp3) is 0.600. The lowest BCUT2D eigenvalue weighted by Gasteiger charge is -2.23. The minimum absolute atomic E-state index is 0.588. The van der Waals surface area contributed by atoms with Crippen LogP contribution in [0.3, 0.4) is 0 Å². The van der Waals surface area contributed by atoms with E-state index in [-0.39, 0.29) is 0 Å².